The molecule has 6 heteroatoms. The third-order valence-corrected chi connectivity index (χ3v) is 5.13. The highest BCUT2D eigenvalue weighted by atomic mass is 32.2. The molecule has 134 valence electrons. The number of methoxy groups -OCH3 is 1. The van der Waals surface area contributed by atoms with E-state index in [0.29, 0.717) is 10.1 Å². The van der Waals surface area contributed by atoms with Gasteiger partial charge in [0.15, 0.2) is 5.17 Å². The third-order valence-electron chi connectivity index (χ3n) is 4.05. The van der Waals surface area contributed by atoms with Crippen molar-refractivity contribution in [1.29, 1.82) is 5.26 Å². The number of amidine groups is 1. The summed E-state index contributed by atoms with van der Waals surface area (Å²) in [5.41, 5.74) is 3.95. The van der Waals surface area contributed by atoms with Crippen molar-refractivity contribution in [2.45, 2.75) is 6.92 Å². The number of carbonyl (C=O) groups excluding carboxylic acids is 1. The van der Waals surface area contributed by atoms with Crippen LogP contribution in [0.1, 0.15) is 23.6 Å². The van der Waals surface area contributed by atoms with Crippen LogP contribution in [0.2, 0.25) is 0 Å². The van der Waals surface area contributed by atoms with Gasteiger partial charge in [0.05, 0.1) is 12.0 Å². The normalized spacial score (nSPS) is 17.1. The first-order valence-electron chi connectivity index (χ1n) is 8.20. The van der Waals surface area contributed by atoms with E-state index in [9.17, 15) is 4.79 Å². The Kier molecular flexibility index (Phi) is 5.74. The van der Waals surface area contributed by atoms with Crippen LogP contribution in [0.5, 0.6) is 5.75 Å². The lowest BCUT2D eigenvalue weighted by molar-refractivity contribution is -0.115. The van der Waals surface area contributed by atoms with E-state index >= 15 is 0 Å². The molecule has 0 spiro atoms. The number of thioether (sulfide) groups is 1. The molecule has 0 atom stereocenters. The topological polar surface area (TPSA) is 74.5 Å². The zero-order valence-corrected chi connectivity index (χ0v) is 15.7. The number of nitrogens with zero attached hydrogens (tertiary/aromatic N) is 2. The van der Waals surface area contributed by atoms with Gasteiger partial charge in [-0.2, -0.15) is 5.26 Å². The molecule has 1 aliphatic rings. The van der Waals surface area contributed by atoms with Crippen molar-refractivity contribution in [2.75, 3.05) is 7.11 Å². The molecule has 2 aromatic carbocycles. The van der Waals surface area contributed by atoms with Gasteiger partial charge in [0.1, 0.15) is 5.75 Å². The molecule has 0 radical (unpaired) electrons. The van der Waals surface area contributed by atoms with Crippen LogP contribution in [0.4, 0.5) is 0 Å². The first kappa shape index (κ1) is 18.5. The van der Waals surface area contributed by atoms with Crippen LogP contribution in [0, 0.1) is 11.5 Å². The van der Waals surface area contributed by atoms with Crippen LogP contribution in [0.15, 0.2) is 58.4 Å². The lowest BCUT2D eigenvalue weighted by atomic mass is 10.0. The second-order valence-corrected chi connectivity index (χ2v) is 6.75. The fraction of sp³-hybridized carbons (Fsp3) is 0.0952. The van der Waals surface area contributed by atoms with E-state index in [1.54, 1.807) is 13.3 Å². The maximum atomic E-state index is 12.0. The Balaban J connectivity index is 1.76. The number of allylic oxidation sites excluding steroid dienone is 1. The summed E-state index contributed by atoms with van der Waals surface area (Å²) in [6.45, 7) is 1.89. The van der Waals surface area contributed by atoms with Crippen LogP contribution in [0.3, 0.4) is 0 Å². The molecule has 1 fully saturated rings. The number of rotatable bonds is 4. The minimum absolute atomic E-state index is 0.227. The lowest BCUT2D eigenvalue weighted by Crippen LogP contribution is -2.19. The highest BCUT2D eigenvalue weighted by Gasteiger charge is 2.26. The summed E-state index contributed by atoms with van der Waals surface area (Å²) in [4.78, 5) is 16.2. The van der Waals surface area contributed by atoms with E-state index in [-0.39, 0.29) is 5.91 Å². The van der Waals surface area contributed by atoms with Crippen molar-refractivity contribution in [3.05, 3.63) is 70.1 Å². The molecule has 0 saturated carbocycles. The van der Waals surface area contributed by atoms with Crippen LogP contribution < -0.4 is 10.1 Å². The van der Waals surface area contributed by atoms with Gasteiger partial charge in [-0.05, 0) is 53.1 Å². The second-order valence-electron chi connectivity index (χ2n) is 5.76. The summed E-state index contributed by atoms with van der Waals surface area (Å²) in [6, 6.07) is 15.8. The number of carbonyl (C=O) groups is 1. The fourth-order valence-corrected chi connectivity index (χ4v) is 3.39. The predicted molar refractivity (Wildman–Crippen MR) is 110 cm³/mol. The van der Waals surface area contributed by atoms with Crippen LogP contribution in [0.25, 0.3) is 17.7 Å². The average molecular weight is 375 g/mol. The number of hydrogen-bond donors (Lipinski definition) is 1. The van der Waals surface area contributed by atoms with Gasteiger partial charge >= 0.3 is 0 Å². The number of nitrogens with one attached hydrogen (secondary N) is 1. The summed E-state index contributed by atoms with van der Waals surface area (Å²) < 4.78 is 5.16. The van der Waals surface area contributed by atoms with Gasteiger partial charge in [0.2, 0.25) is 6.19 Å². The van der Waals surface area contributed by atoms with E-state index in [1.807, 2.05) is 67.6 Å². The Labute approximate surface area is 162 Å². The van der Waals surface area contributed by atoms with Crippen molar-refractivity contribution >= 4 is 40.6 Å². The van der Waals surface area contributed by atoms with Gasteiger partial charge in [0, 0.05) is 0 Å². The molecule has 2 aromatic rings. The van der Waals surface area contributed by atoms with Crippen molar-refractivity contribution in [2.24, 2.45) is 4.99 Å². The zero-order chi connectivity index (χ0) is 19.2. The van der Waals surface area contributed by atoms with Crippen molar-refractivity contribution in [3.8, 4) is 11.9 Å². The van der Waals surface area contributed by atoms with Crippen LogP contribution >= 0.6 is 11.8 Å². The quantitative estimate of drug-likeness (QED) is 0.491. The molecule has 5 nitrogen and oxygen atoms in total. The summed E-state index contributed by atoms with van der Waals surface area (Å²) in [6.07, 6.45) is 5.75. The smallest absolute Gasteiger partial charge is 0.264 e. The number of aliphatic imine (C=N–C) groups is 1. The molecule has 1 amide bonds. The van der Waals surface area contributed by atoms with E-state index in [4.69, 9.17) is 10.00 Å². The Hall–Kier alpha value is -3.30. The molecular formula is C21H17N3O2S. The lowest BCUT2D eigenvalue weighted by Gasteiger charge is -2.04. The van der Waals surface area contributed by atoms with E-state index in [0.717, 1.165) is 28.0 Å². The van der Waals surface area contributed by atoms with Crippen LogP contribution in [-0.2, 0) is 4.79 Å². The number of hydrogen-bond acceptors (Lipinski definition) is 5. The maximum Gasteiger partial charge on any atom is 0.264 e. The van der Waals surface area contributed by atoms with Crippen molar-refractivity contribution in [3.63, 3.8) is 0 Å². The van der Waals surface area contributed by atoms with Crippen molar-refractivity contribution in [1.82, 2.24) is 5.32 Å². The third kappa shape index (κ3) is 4.46. The molecule has 27 heavy (non-hydrogen) atoms. The Bertz CT molecular complexity index is 982. The molecular weight excluding hydrogens is 358 g/mol. The van der Waals surface area contributed by atoms with Gasteiger partial charge in [0.25, 0.3) is 5.91 Å². The molecule has 3 rings (SSSR count). The van der Waals surface area contributed by atoms with Gasteiger partial charge in [-0.15, -0.1) is 4.99 Å². The molecule has 1 N–H and O–H groups in total. The highest BCUT2D eigenvalue weighted by molar-refractivity contribution is 8.18. The standard InChI is InChI=1S/C21H17N3O2S/c1-14(19-20(25)24-21(27-19)23-13-22)17-9-5-15(6-10-17)3-4-16-7-11-18(26-2)12-8-16/h3-12H,1-2H3,(H,23,24,25)/b4-3+,19-14+. The Morgan fingerprint density at radius 1 is 1.11 bits per heavy atom. The Morgan fingerprint density at radius 3 is 2.26 bits per heavy atom. The SMILES string of the molecule is COc1ccc(/C=C/c2ccc(/C(C)=C3/S/C(=N/C#N)NC3=O)cc2)cc1. The first-order chi connectivity index (χ1) is 13.1. The number of benzene rings is 2. The highest BCUT2D eigenvalue weighted by Crippen LogP contribution is 2.31. The van der Waals surface area contributed by atoms with Crippen LogP contribution in [-0.4, -0.2) is 18.2 Å². The minimum atomic E-state index is -0.227. The number of amides is 1. The van der Waals surface area contributed by atoms with Gasteiger partial charge in [-0.3, -0.25) is 10.1 Å². The van der Waals surface area contributed by atoms with E-state index in [2.05, 4.69) is 10.3 Å². The summed E-state index contributed by atoms with van der Waals surface area (Å²) >= 11 is 1.18. The predicted octanol–water partition coefficient (Wildman–Crippen LogP) is 4.30. The second kappa shape index (κ2) is 8.39. The Morgan fingerprint density at radius 2 is 1.70 bits per heavy atom. The van der Waals surface area contributed by atoms with Gasteiger partial charge in [-0.25, -0.2) is 0 Å². The molecule has 0 unspecified atom stereocenters. The minimum Gasteiger partial charge on any atom is -0.497 e. The monoisotopic (exact) mass is 375 g/mol. The number of ether oxygens (including phenoxy) is 1. The molecule has 1 heterocycles. The zero-order valence-electron chi connectivity index (χ0n) is 14.9. The average Bonchev–Trinajstić information content (AvgIpc) is 3.07. The molecule has 0 aromatic heterocycles. The summed E-state index contributed by atoms with van der Waals surface area (Å²) in [7, 11) is 1.65. The van der Waals surface area contributed by atoms with Gasteiger partial charge in [-0.1, -0.05) is 48.6 Å². The molecule has 1 saturated heterocycles. The molecule has 0 aliphatic carbocycles. The van der Waals surface area contributed by atoms with Crippen molar-refractivity contribution < 1.29 is 9.53 Å². The van der Waals surface area contributed by atoms with Gasteiger partial charge < -0.3 is 4.74 Å². The summed E-state index contributed by atoms with van der Waals surface area (Å²) in [5, 5.41) is 11.5. The first-order valence-corrected chi connectivity index (χ1v) is 9.02. The fourth-order valence-electron chi connectivity index (χ4n) is 2.55. The number of nitriles is 1. The largest absolute Gasteiger partial charge is 0.497 e. The summed E-state index contributed by atoms with van der Waals surface area (Å²) in [5.74, 6) is 0.604. The molecule has 1 aliphatic heterocycles. The molecule has 0 bridgehead atoms. The van der Waals surface area contributed by atoms with E-state index < -0.39 is 0 Å². The maximum absolute atomic E-state index is 12.0. The van der Waals surface area contributed by atoms with E-state index in [1.165, 1.54) is 11.8 Å².